The zero-order chi connectivity index (χ0) is 19.2. The van der Waals surface area contributed by atoms with E-state index in [4.69, 9.17) is 9.47 Å². The van der Waals surface area contributed by atoms with E-state index < -0.39 is 0 Å². The summed E-state index contributed by atoms with van der Waals surface area (Å²) < 4.78 is 12.5. The number of carbonyl (C=O) groups excluding carboxylic acids is 1. The van der Waals surface area contributed by atoms with Crippen LogP contribution in [-0.4, -0.2) is 24.1 Å². The second-order valence-corrected chi connectivity index (χ2v) is 7.40. The highest BCUT2D eigenvalue weighted by Crippen LogP contribution is 2.30. The predicted molar refractivity (Wildman–Crippen MR) is 110 cm³/mol. The van der Waals surface area contributed by atoms with Crippen LogP contribution < -0.4 is 14.8 Å². The van der Waals surface area contributed by atoms with Crippen LogP contribution >= 0.6 is 11.3 Å². The quantitative estimate of drug-likeness (QED) is 0.526. The molecule has 0 aliphatic rings. The molecule has 2 aromatic carbocycles. The van der Waals surface area contributed by atoms with Crippen molar-refractivity contribution in [1.29, 1.82) is 0 Å². The van der Waals surface area contributed by atoms with Crippen molar-refractivity contribution in [3.8, 4) is 11.5 Å². The fourth-order valence-corrected chi connectivity index (χ4v) is 3.55. The van der Waals surface area contributed by atoms with Crippen LogP contribution in [0.15, 0.2) is 36.4 Å². The first kappa shape index (κ1) is 19.2. The average molecular weight is 385 g/mol. The Morgan fingerprint density at radius 3 is 2.74 bits per heavy atom. The summed E-state index contributed by atoms with van der Waals surface area (Å²) in [5.41, 5.74) is 2.22. The number of nitrogens with one attached hydrogen (secondary N) is 1. The van der Waals surface area contributed by atoms with Gasteiger partial charge in [-0.1, -0.05) is 13.3 Å². The van der Waals surface area contributed by atoms with E-state index >= 15 is 0 Å². The number of hydrogen-bond donors (Lipinski definition) is 1. The average Bonchev–Trinajstić information content (AvgIpc) is 3.02. The van der Waals surface area contributed by atoms with Crippen LogP contribution in [0.3, 0.4) is 0 Å². The van der Waals surface area contributed by atoms with Gasteiger partial charge in [0.05, 0.1) is 28.4 Å². The summed E-state index contributed by atoms with van der Waals surface area (Å²) in [6.07, 6.45) is 2.04. The van der Waals surface area contributed by atoms with Gasteiger partial charge in [0.15, 0.2) is 11.5 Å². The highest BCUT2D eigenvalue weighted by molar-refractivity contribution is 7.18. The number of thiazole rings is 1. The van der Waals surface area contributed by atoms with Crippen molar-refractivity contribution >= 4 is 33.1 Å². The number of anilines is 1. The third-order valence-corrected chi connectivity index (χ3v) is 4.95. The van der Waals surface area contributed by atoms with Crippen molar-refractivity contribution in [1.82, 2.24) is 4.98 Å². The number of aryl methyl sites for hydroxylation is 1. The third-order valence-electron chi connectivity index (χ3n) is 4.01. The van der Waals surface area contributed by atoms with Crippen molar-refractivity contribution in [2.75, 3.05) is 18.5 Å². The molecule has 0 unspecified atom stereocenters. The molecule has 1 N–H and O–H groups in total. The lowest BCUT2D eigenvalue weighted by Gasteiger charge is -2.13. The van der Waals surface area contributed by atoms with Crippen LogP contribution in [0.1, 0.15) is 42.1 Å². The molecule has 0 bridgehead atoms. The molecule has 142 valence electrons. The van der Waals surface area contributed by atoms with Gasteiger partial charge >= 0.3 is 0 Å². The summed E-state index contributed by atoms with van der Waals surface area (Å²) in [6, 6.07) is 11.0. The highest BCUT2D eigenvalue weighted by atomic mass is 32.1. The molecule has 1 aromatic heterocycles. The molecule has 0 saturated heterocycles. The monoisotopic (exact) mass is 384 g/mol. The lowest BCUT2D eigenvalue weighted by Crippen LogP contribution is -2.12. The van der Waals surface area contributed by atoms with Crippen molar-refractivity contribution < 1.29 is 14.3 Å². The van der Waals surface area contributed by atoms with Crippen molar-refractivity contribution in [3.63, 3.8) is 0 Å². The minimum absolute atomic E-state index is 0.184. The number of hydrogen-bond acceptors (Lipinski definition) is 5. The molecule has 3 aromatic rings. The molecule has 0 saturated carbocycles. The first-order valence-corrected chi connectivity index (χ1v) is 10.0. The molecule has 0 radical (unpaired) electrons. The second-order valence-electron chi connectivity index (χ2n) is 6.17. The van der Waals surface area contributed by atoms with Crippen LogP contribution in [0.2, 0.25) is 0 Å². The Morgan fingerprint density at radius 1 is 1.11 bits per heavy atom. The summed E-state index contributed by atoms with van der Waals surface area (Å²) in [5, 5.41) is 3.95. The Bertz CT molecular complexity index is 936. The standard InChI is InChI=1S/C21H24N2O3S/c1-4-6-11-26-18-10-7-15(12-19(18)25-5-2)21(24)23-16-8-9-17-20(13-16)27-14(3)22-17/h7-10,12-13H,4-6,11H2,1-3H3,(H,23,24). The Morgan fingerprint density at radius 2 is 1.96 bits per heavy atom. The van der Waals surface area contributed by atoms with E-state index in [-0.39, 0.29) is 5.91 Å². The lowest BCUT2D eigenvalue weighted by atomic mass is 10.1. The van der Waals surface area contributed by atoms with Gasteiger partial charge in [0.1, 0.15) is 0 Å². The number of benzene rings is 2. The number of unbranched alkanes of at least 4 members (excludes halogenated alkanes) is 1. The number of carbonyl (C=O) groups is 1. The zero-order valence-corrected chi connectivity index (χ0v) is 16.7. The summed E-state index contributed by atoms with van der Waals surface area (Å²) >= 11 is 1.61. The number of ether oxygens (including phenoxy) is 2. The third kappa shape index (κ3) is 4.77. The maximum Gasteiger partial charge on any atom is 0.255 e. The van der Waals surface area contributed by atoms with Gasteiger partial charge in [-0.25, -0.2) is 4.98 Å². The molecule has 6 heteroatoms. The Kier molecular flexibility index (Phi) is 6.29. The van der Waals surface area contributed by atoms with Crippen LogP contribution in [0, 0.1) is 6.92 Å². The van der Waals surface area contributed by atoms with Gasteiger partial charge in [0, 0.05) is 11.3 Å². The van der Waals surface area contributed by atoms with Gasteiger partial charge in [-0.3, -0.25) is 4.79 Å². The molecule has 0 atom stereocenters. The summed E-state index contributed by atoms with van der Waals surface area (Å²) in [4.78, 5) is 17.1. The van der Waals surface area contributed by atoms with E-state index in [0.717, 1.165) is 33.8 Å². The Balaban J connectivity index is 1.76. The Labute approximate surface area is 163 Å². The number of aromatic nitrogens is 1. The van der Waals surface area contributed by atoms with Crippen molar-refractivity contribution in [2.45, 2.75) is 33.6 Å². The molecule has 0 fully saturated rings. The molecule has 1 amide bonds. The SMILES string of the molecule is CCCCOc1ccc(C(=O)Nc2ccc3nc(C)sc3c2)cc1OCC. The zero-order valence-electron chi connectivity index (χ0n) is 15.9. The van der Waals surface area contributed by atoms with Gasteiger partial charge in [-0.2, -0.15) is 0 Å². The maximum atomic E-state index is 12.7. The molecule has 0 aliphatic carbocycles. The fourth-order valence-electron chi connectivity index (χ4n) is 2.68. The first-order chi connectivity index (χ1) is 13.1. The number of nitrogens with zero attached hydrogens (tertiary/aromatic N) is 1. The molecule has 3 rings (SSSR count). The predicted octanol–water partition coefficient (Wildman–Crippen LogP) is 5.43. The van der Waals surface area contributed by atoms with Crippen LogP contribution in [0.5, 0.6) is 11.5 Å². The molecular formula is C21H24N2O3S. The van der Waals surface area contributed by atoms with Crippen LogP contribution in [0.25, 0.3) is 10.2 Å². The molecule has 27 heavy (non-hydrogen) atoms. The summed E-state index contributed by atoms with van der Waals surface area (Å²) in [6.45, 7) is 7.15. The number of amides is 1. The normalized spacial score (nSPS) is 10.8. The molecule has 0 aliphatic heterocycles. The topological polar surface area (TPSA) is 60.5 Å². The smallest absolute Gasteiger partial charge is 0.255 e. The molecule has 5 nitrogen and oxygen atoms in total. The summed E-state index contributed by atoms with van der Waals surface area (Å²) in [7, 11) is 0. The van der Waals surface area contributed by atoms with Gasteiger partial charge in [-0.15, -0.1) is 11.3 Å². The highest BCUT2D eigenvalue weighted by Gasteiger charge is 2.13. The van der Waals surface area contributed by atoms with Crippen LogP contribution in [-0.2, 0) is 0 Å². The van der Waals surface area contributed by atoms with E-state index in [1.54, 1.807) is 29.5 Å². The van der Waals surface area contributed by atoms with Crippen molar-refractivity contribution in [3.05, 3.63) is 47.0 Å². The largest absolute Gasteiger partial charge is 0.490 e. The minimum Gasteiger partial charge on any atom is -0.490 e. The summed E-state index contributed by atoms with van der Waals surface area (Å²) in [5.74, 6) is 1.08. The second kappa shape index (κ2) is 8.86. The lowest BCUT2D eigenvalue weighted by molar-refractivity contribution is 0.102. The van der Waals surface area contributed by atoms with Gasteiger partial charge < -0.3 is 14.8 Å². The van der Waals surface area contributed by atoms with E-state index in [2.05, 4.69) is 17.2 Å². The van der Waals surface area contributed by atoms with E-state index in [1.807, 2.05) is 32.0 Å². The Hall–Kier alpha value is -2.60. The van der Waals surface area contributed by atoms with E-state index in [1.165, 1.54) is 0 Å². The first-order valence-electron chi connectivity index (χ1n) is 9.19. The van der Waals surface area contributed by atoms with E-state index in [0.29, 0.717) is 30.3 Å². The van der Waals surface area contributed by atoms with Crippen LogP contribution in [0.4, 0.5) is 5.69 Å². The molecule has 0 spiro atoms. The minimum atomic E-state index is -0.184. The number of rotatable bonds is 8. The van der Waals surface area contributed by atoms with Gasteiger partial charge in [0.25, 0.3) is 5.91 Å². The van der Waals surface area contributed by atoms with Gasteiger partial charge in [0.2, 0.25) is 0 Å². The molecule has 1 heterocycles. The number of fused-ring (bicyclic) bond motifs is 1. The van der Waals surface area contributed by atoms with Gasteiger partial charge in [-0.05, 0) is 56.7 Å². The maximum absolute atomic E-state index is 12.7. The fraction of sp³-hybridized carbons (Fsp3) is 0.333. The molecular weight excluding hydrogens is 360 g/mol. The van der Waals surface area contributed by atoms with E-state index in [9.17, 15) is 4.79 Å². The van der Waals surface area contributed by atoms with Crippen molar-refractivity contribution in [2.24, 2.45) is 0 Å².